The molecule has 0 aromatic rings. The second-order valence-corrected chi connectivity index (χ2v) is 7.72. The first-order chi connectivity index (χ1) is 12.0. The zero-order chi connectivity index (χ0) is 18.1. The molecule has 0 heterocycles. The number of rotatable bonds is 1. The molecule has 142 valence electrons. The second kappa shape index (κ2) is 7.66. The molecule has 3 aliphatic rings. The number of allylic oxidation sites excluding steroid dienone is 3. The number of carbonyl (C=O) groups excluding carboxylic acids is 1. The third kappa shape index (κ3) is 3.18. The van der Waals surface area contributed by atoms with E-state index in [0.29, 0.717) is 12.3 Å². The van der Waals surface area contributed by atoms with E-state index in [1.165, 1.54) is 12.0 Å². The first kappa shape index (κ1) is 20.2. The van der Waals surface area contributed by atoms with Gasteiger partial charge in [-0.3, -0.25) is 9.79 Å². The summed E-state index contributed by atoms with van der Waals surface area (Å²) in [6.07, 6.45) is 11.0. The lowest BCUT2D eigenvalue weighted by Crippen LogP contribution is -2.48. The van der Waals surface area contributed by atoms with Gasteiger partial charge in [-0.1, -0.05) is 39.5 Å². The van der Waals surface area contributed by atoms with Gasteiger partial charge in [-0.05, 0) is 73.1 Å². The van der Waals surface area contributed by atoms with Crippen LogP contribution in [0.1, 0.15) is 60.7 Å². The van der Waals surface area contributed by atoms with E-state index in [1.54, 1.807) is 13.2 Å². The van der Waals surface area contributed by atoms with Gasteiger partial charge in [0.1, 0.15) is 0 Å². The first-order valence-electron chi connectivity index (χ1n) is 9.27. The molecule has 26 heavy (non-hydrogen) atoms. The van der Waals surface area contributed by atoms with E-state index in [9.17, 15) is 4.79 Å². The van der Waals surface area contributed by atoms with Crippen LogP contribution < -0.4 is 5.32 Å². The monoisotopic (exact) mass is 354 g/mol. The Morgan fingerprint density at radius 1 is 1.46 bits per heavy atom. The predicted molar refractivity (Wildman–Crippen MR) is 112 cm³/mol. The molecule has 0 amide bonds. The number of nitrogens with one attached hydrogen (secondary N) is 1. The lowest BCUT2D eigenvalue weighted by atomic mass is 9.48. The summed E-state index contributed by atoms with van der Waals surface area (Å²) in [4.78, 5) is 16.4. The maximum absolute atomic E-state index is 12.2. The smallest absolute Gasteiger partial charge is 0.177 e. The average molecular weight is 355 g/mol. The zero-order valence-corrected chi connectivity index (χ0v) is 15.5. The standard InChI is InChI=1S/C22H28N2O.CH4.H2/c1-5-24-20(23-4)11-15-22-12-7-6-8-19(22)21(3)13-10-18(25)16(2)17(21)9-14-22;;/h5,8,17H,1-2,6-7,9-10,12-14H2,3-4H3,(H,23,24);1H4;1H/t17?,21-,22+;;/m0../s1. The van der Waals surface area contributed by atoms with Crippen molar-refractivity contribution in [3.63, 3.8) is 0 Å². The average Bonchev–Trinajstić information content (AvgIpc) is 2.62. The molecule has 3 rings (SSSR count). The molecule has 1 N–H and O–H groups in total. The van der Waals surface area contributed by atoms with Crippen LogP contribution in [0.5, 0.6) is 0 Å². The number of nitrogens with zero attached hydrogens (tertiary/aromatic N) is 1. The van der Waals surface area contributed by atoms with Gasteiger partial charge in [-0.15, -0.1) is 0 Å². The summed E-state index contributed by atoms with van der Waals surface area (Å²) in [5, 5.41) is 3.00. The molecule has 0 aromatic heterocycles. The molecule has 0 bridgehead atoms. The van der Waals surface area contributed by atoms with Gasteiger partial charge in [0.2, 0.25) is 0 Å². The Morgan fingerprint density at radius 2 is 2.23 bits per heavy atom. The summed E-state index contributed by atoms with van der Waals surface area (Å²) >= 11 is 0. The van der Waals surface area contributed by atoms with E-state index in [0.717, 1.165) is 37.7 Å². The van der Waals surface area contributed by atoms with Crippen molar-refractivity contribution in [3.8, 4) is 11.8 Å². The maximum atomic E-state index is 12.2. The van der Waals surface area contributed by atoms with Crippen LogP contribution in [0.25, 0.3) is 0 Å². The van der Waals surface area contributed by atoms with Gasteiger partial charge < -0.3 is 5.32 Å². The lowest BCUT2D eigenvalue weighted by Gasteiger charge is -2.55. The molecule has 0 spiro atoms. The third-order valence-corrected chi connectivity index (χ3v) is 6.45. The highest BCUT2D eigenvalue weighted by atomic mass is 16.1. The molecule has 0 aliphatic heterocycles. The van der Waals surface area contributed by atoms with Gasteiger partial charge in [0.05, 0.1) is 5.41 Å². The van der Waals surface area contributed by atoms with Crippen LogP contribution in [-0.2, 0) is 4.79 Å². The molecule has 1 unspecified atom stereocenters. The largest absolute Gasteiger partial charge is 0.340 e. The van der Waals surface area contributed by atoms with Crippen LogP contribution >= 0.6 is 0 Å². The third-order valence-electron chi connectivity index (χ3n) is 6.45. The number of ketones is 1. The Balaban J connectivity index is 0.00000182. The molecule has 3 nitrogen and oxygen atoms in total. The van der Waals surface area contributed by atoms with Crippen molar-refractivity contribution < 1.29 is 6.22 Å². The number of fused-ring (bicyclic) bond motifs is 3. The molecular formula is C23H34N2O. The van der Waals surface area contributed by atoms with Gasteiger partial charge in [0.25, 0.3) is 0 Å². The summed E-state index contributed by atoms with van der Waals surface area (Å²) < 4.78 is 0. The highest BCUT2D eigenvalue weighted by molar-refractivity contribution is 5.99. The van der Waals surface area contributed by atoms with Crippen LogP contribution in [0.3, 0.4) is 0 Å². The highest BCUT2D eigenvalue weighted by Crippen LogP contribution is 2.62. The van der Waals surface area contributed by atoms with Crippen LogP contribution in [0.15, 0.2) is 41.6 Å². The normalized spacial score (nSPS) is 33.5. The molecule has 2 fully saturated rings. The van der Waals surface area contributed by atoms with Gasteiger partial charge in [-0.25, -0.2) is 0 Å². The fourth-order valence-electron chi connectivity index (χ4n) is 5.14. The van der Waals surface area contributed by atoms with Gasteiger partial charge in [-0.2, -0.15) is 0 Å². The Labute approximate surface area is 160 Å². The summed E-state index contributed by atoms with van der Waals surface area (Å²) in [5.41, 5.74) is 2.24. The van der Waals surface area contributed by atoms with Crippen molar-refractivity contribution in [2.45, 2.75) is 59.3 Å². The van der Waals surface area contributed by atoms with Crippen molar-refractivity contribution in [2.24, 2.45) is 21.7 Å². The van der Waals surface area contributed by atoms with E-state index >= 15 is 0 Å². The number of hydrogen-bond acceptors (Lipinski definition) is 2. The van der Waals surface area contributed by atoms with Crippen molar-refractivity contribution in [1.29, 1.82) is 0 Å². The van der Waals surface area contributed by atoms with E-state index in [4.69, 9.17) is 0 Å². The minimum atomic E-state index is -0.0804. The molecule has 0 aromatic carbocycles. The molecule has 0 radical (unpaired) electrons. The minimum Gasteiger partial charge on any atom is -0.340 e. The van der Waals surface area contributed by atoms with Crippen LogP contribution in [0.2, 0.25) is 0 Å². The summed E-state index contributed by atoms with van der Waals surface area (Å²) in [7, 11) is 1.74. The number of aliphatic imine (C=N–C) groups is 1. The SMILES string of the molecule is C.C=CNC(C#C[C@]12CCCC=C1[C@@]1(C)CCC(=O)C(=C)C1CC2)=NC.[HH]. The molecule has 3 aliphatic carbocycles. The van der Waals surface area contributed by atoms with Crippen LogP contribution in [0, 0.1) is 28.6 Å². The second-order valence-electron chi connectivity index (χ2n) is 7.72. The van der Waals surface area contributed by atoms with Crippen molar-refractivity contribution >= 4 is 11.6 Å². The lowest BCUT2D eigenvalue weighted by molar-refractivity contribution is -0.119. The fraction of sp³-hybridized carbons (Fsp3) is 0.565. The molecule has 2 saturated carbocycles. The van der Waals surface area contributed by atoms with E-state index in [2.05, 4.69) is 48.3 Å². The number of amidine groups is 1. The van der Waals surface area contributed by atoms with Crippen molar-refractivity contribution in [1.82, 2.24) is 5.32 Å². The first-order valence-corrected chi connectivity index (χ1v) is 9.27. The summed E-state index contributed by atoms with van der Waals surface area (Å²) in [6.45, 7) is 10.2. The highest BCUT2D eigenvalue weighted by Gasteiger charge is 2.54. The quantitative estimate of drug-likeness (QED) is 0.235. The predicted octanol–water partition coefficient (Wildman–Crippen LogP) is 5.07. The summed E-state index contributed by atoms with van der Waals surface area (Å²) in [5.74, 6) is 8.02. The Kier molecular flexibility index (Phi) is 5.96. The van der Waals surface area contributed by atoms with Crippen molar-refractivity contribution in [2.75, 3.05) is 7.05 Å². The maximum Gasteiger partial charge on any atom is 0.177 e. The van der Waals surface area contributed by atoms with E-state index < -0.39 is 0 Å². The Hall–Kier alpha value is -2.08. The van der Waals surface area contributed by atoms with E-state index in [1.807, 2.05) is 0 Å². The van der Waals surface area contributed by atoms with Crippen LogP contribution in [-0.4, -0.2) is 18.7 Å². The van der Waals surface area contributed by atoms with E-state index in [-0.39, 0.29) is 31.4 Å². The molecule has 3 heteroatoms. The fourth-order valence-corrected chi connectivity index (χ4v) is 5.14. The van der Waals surface area contributed by atoms with Crippen molar-refractivity contribution in [3.05, 3.63) is 36.6 Å². The van der Waals surface area contributed by atoms with Crippen LogP contribution in [0.4, 0.5) is 0 Å². The van der Waals surface area contributed by atoms with Gasteiger partial charge in [0, 0.05) is 14.9 Å². The number of carbonyl (C=O) groups is 1. The van der Waals surface area contributed by atoms with Gasteiger partial charge in [0.15, 0.2) is 11.6 Å². The Morgan fingerprint density at radius 3 is 2.92 bits per heavy atom. The molecule has 3 atom stereocenters. The number of Topliss-reactive ketones (excluding diaryl/α,β-unsaturated/α-hetero) is 1. The molecular weight excluding hydrogens is 320 g/mol. The molecule has 0 saturated heterocycles. The topological polar surface area (TPSA) is 41.5 Å². The Bertz CT molecular complexity index is 739. The number of hydrogen-bond donors (Lipinski definition) is 1. The summed E-state index contributed by atoms with van der Waals surface area (Å²) in [6, 6.07) is 0. The minimum absolute atomic E-state index is 0. The zero-order valence-electron chi connectivity index (χ0n) is 15.5. The van der Waals surface area contributed by atoms with Gasteiger partial charge >= 0.3 is 0 Å².